The van der Waals surface area contributed by atoms with Gasteiger partial charge >= 0.3 is 5.63 Å². The van der Waals surface area contributed by atoms with Crippen LogP contribution in [0.25, 0.3) is 21.9 Å². The van der Waals surface area contributed by atoms with Gasteiger partial charge in [-0.05, 0) is 30.5 Å². The van der Waals surface area contributed by atoms with E-state index in [9.17, 15) is 14.7 Å². The molecule has 0 amide bonds. The van der Waals surface area contributed by atoms with Crippen molar-refractivity contribution in [1.29, 1.82) is 0 Å². The first-order valence-electron chi connectivity index (χ1n) is 7.31. The van der Waals surface area contributed by atoms with Crippen LogP contribution in [0.3, 0.4) is 0 Å². The number of hydrogen-bond donors (Lipinski definition) is 1. The van der Waals surface area contributed by atoms with Crippen LogP contribution >= 0.6 is 0 Å². The largest absolute Gasteiger partial charge is 0.507 e. The second-order valence-corrected chi connectivity index (χ2v) is 5.47. The highest BCUT2D eigenvalue weighted by molar-refractivity contribution is 6.03. The number of unbranched alkanes of at least 4 members (excludes halogenated alkanes) is 1. The lowest BCUT2D eigenvalue weighted by molar-refractivity contribution is 0.467. The van der Waals surface area contributed by atoms with Gasteiger partial charge in [0.25, 0.3) is 5.56 Å². The Balaban J connectivity index is 2.45. The molecule has 5 nitrogen and oxygen atoms in total. The Morgan fingerprint density at radius 1 is 1.23 bits per heavy atom. The smallest absolute Gasteiger partial charge is 0.339 e. The highest BCUT2D eigenvalue weighted by Crippen LogP contribution is 2.27. The molecule has 0 saturated carbocycles. The van der Waals surface area contributed by atoms with E-state index in [1.807, 2.05) is 18.2 Å². The van der Waals surface area contributed by atoms with Gasteiger partial charge in [-0.2, -0.15) is 0 Å². The fraction of sp³-hybridized carbons (Fsp3) is 0.294. The molecule has 2 heterocycles. The molecule has 0 aliphatic carbocycles. The van der Waals surface area contributed by atoms with Crippen LogP contribution in [0.2, 0.25) is 0 Å². The predicted molar refractivity (Wildman–Crippen MR) is 85.5 cm³/mol. The molecule has 22 heavy (non-hydrogen) atoms. The number of pyridine rings is 1. The van der Waals surface area contributed by atoms with Crippen LogP contribution in [0, 0.1) is 0 Å². The standard InChI is InChI=1S/C17H17NO4/c1-3-4-5-10-6-7-12-11(8-10)16-15(17(21)18(12)2)13(19)9-14(20)22-16/h6-9,19H,3-5H2,1-2H3. The molecule has 3 aromatic rings. The van der Waals surface area contributed by atoms with Gasteiger partial charge < -0.3 is 14.1 Å². The van der Waals surface area contributed by atoms with Crippen molar-refractivity contribution in [3.05, 3.63) is 50.6 Å². The number of aryl methyl sites for hydroxylation is 2. The molecule has 2 aromatic heterocycles. The van der Waals surface area contributed by atoms with Crippen molar-refractivity contribution in [2.24, 2.45) is 7.05 Å². The minimum atomic E-state index is -0.668. The molecular formula is C17H17NO4. The maximum absolute atomic E-state index is 12.4. The molecule has 0 unspecified atom stereocenters. The Morgan fingerprint density at radius 3 is 2.73 bits per heavy atom. The van der Waals surface area contributed by atoms with Gasteiger partial charge in [-0.15, -0.1) is 0 Å². The van der Waals surface area contributed by atoms with Crippen LogP contribution in [-0.4, -0.2) is 9.67 Å². The second-order valence-electron chi connectivity index (χ2n) is 5.47. The number of rotatable bonds is 3. The number of aromatic hydroxyl groups is 1. The van der Waals surface area contributed by atoms with Crippen LogP contribution in [0.1, 0.15) is 25.3 Å². The molecule has 0 fully saturated rings. The molecule has 0 spiro atoms. The normalized spacial score (nSPS) is 11.4. The SMILES string of the molecule is CCCCc1ccc2c(c1)c1oc(=O)cc(O)c1c(=O)n2C. The van der Waals surface area contributed by atoms with Gasteiger partial charge in [-0.1, -0.05) is 19.4 Å². The average molecular weight is 299 g/mol. The molecule has 114 valence electrons. The van der Waals surface area contributed by atoms with Crippen molar-refractivity contribution in [3.63, 3.8) is 0 Å². The fourth-order valence-electron chi connectivity index (χ4n) is 2.75. The second kappa shape index (κ2) is 5.33. The van der Waals surface area contributed by atoms with E-state index in [1.165, 1.54) is 4.57 Å². The van der Waals surface area contributed by atoms with Gasteiger partial charge in [0.2, 0.25) is 0 Å². The van der Waals surface area contributed by atoms with Gasteiger partial charge in [0, 0.05) is 12.4 Å². The van der Waals surface area contributed by atoms with E-state index in [4.69, 9.17) is 4.42 Å². The zero-order valence-electron chi connectivity index (χ0n) is 12.5. The number of nitrogens with zero attached hydrogens (tertiary/aromatic N) is 1. The number of hydrogen-bond acceptors (Lipinski definition) is 4. The molecule has 0 bridgehead atoms. The Bertz CT molecular complexity index is 982. The zero-order valence-corrected chi connectivity index (χ0v) is 12.5. The summed E-state index contributed by atoms with van der Waals surface area (Å²) in [5, 5.41) is 10.7. The van der Waals surface area contributed by atoms with Crippen LogP contribution < -0.4 is 11.2 Å². The summed E-state index contributed by atoms with van der Waals surface area (Å²) in [6, 6.07) is 6.68. The minimum Gasteiger partial charge on any atom is -0.507 e. The molecule has 5 heteroatoms. The Labute approximate surface area is 126 Å². The van der Waals surface area contributed by atoms with Crippen LogP contribution in [0.4, 0.5) is 0 Å². The van der Waals surface area contributed by atoms with Gasteiger partial charge in [0.05, 0.1) is 11.6 Å². The molecule has 3 rings (SSSR count). The van der Waals surface area contributed by atoms with E-state index in [0.29, 0.717) is 10.9 Å². The highest BCUT2D eigenvalue weighted by atomic mass is 16.4. The molecular weight excluding hydrogens is 282 g/mol. The summed E-state index contributed by atoms with van der Waals surface area (Å²) in [5.41, 5.74) is 0.886. The van der Waals surface area contributed by atoms with Crippen molar-refractivity contribution in [2.45, 2.75) is 26.2 Å². The Hall–Kier alpha value is -2.56. The predicted octanol–water partition coefficient (Wildman–Crippen LogP) is 2.69. The van der Waals surface area contributed by atoms with Gasteiger partial charge in [0.1, 0.15) is 11.1 Å². The molecule has 1 N–H and O–H groups in total. The van der Waals surface area contributed by atoms with Crippen molar-refractivity contribution in [1.82, 2.24) is 4.57 Å². The first-order chi connectivity index (χ1) is 10.5. The van der Waals surface area contributed by atoms with Crippen LogP contribution in [0.15, 0.2) is 38.3 Å². The summed E-state index contributed by atoms with van der Waals surface area (Å²) in [6.07, 6.45) is 3.06. The fourth-order valence-corrected chi connectivity index (χ4v) is 2.75. The Kier molecular flexibility index (Phi) is 3.48. The third-order valence-electron chi connectivity index (χ3n) is 3.94. The van der Waals surface area contributed by atoms with Crippen molar-refractivity contribution in [3.8, 4) is 5.75 Å². The molecule has 0 saturated heterocycles. The first-order valence-corrected chi connectivity index (χ1v) is 7.31. The topological polar surface area (TPSA) is 72.4 Å². The maximum Gasteiger partial charge on any atom is 0.339 e. The van der Waals surface area contributed by atoms with E-state index in [0.717, 1.165) is 30.9 Å². The van der Waals surface area contributed by atoms with Gasteiger partial charge in [-0.25, -0.2) is 4.79 Å². The van der Waals surface area contributed by atoms with Crippen molar-refractivity contribution in [2.75, 3.05) is 0 Å². The molecule has 0 aliphatic heterocycles. The number of aromatic nitrogens is 1. The lowest BCUT2D eigenvalue weighted by atomic mass is 10.0. The van der Waals surface area contributed by atoms with E-state index < -0.39 is 5.63 Å². The first kappa shape index (κ1) is 14.4. The molecule has 0 aliphatic rings. The lowest BCUT2D eigenvalue weighted by Crippen LogP contribution is -2.18. The summed E-state index contributed by atoms with van der Waals surface area (Å²) in [6.45, 7) is 2.12. The van der Waals surface area contributed by atoms with Gasteiger partial charge in [-0.3, -0.25) is 4.79 Å². The lowest BCUT2D eigenvalue weighted by Gasteiger charge is -2.10. The summed E-state index contributed by atoms with van der Waals surface area (Å²) in [7, 11) is 1.64. The van der Waals surface area contributed by atoms with Crippen molar-refractivity contribution >= 4 is 21.9 Å². The molecule has 1 aromatic carbocycles. The zero-order chi connectivity index (χ0) is 15.9. The minimum absolute atomic E-state index is 0.0437. The number of fused-ring (bicyclic) bond motifs is 3. The highest BCUT2D eigenvalue weighted by Gasteiger charge is 2.15. The van der Waals surface area contributed by atoms with Crippen LogP contribution in [-0.2, 0) is 13.5 Å². The van der Waals surface area contributed by atoms with E-state index >= 15 is 0 Å². The molecule has 0 atom stereocenters. The average Bonchev–Trinajstić information content (AvgIpc) is 2.49. The summed E-state index contributed by atoms with van der Waals surface area (Å²) in [5.74, 6) is -0.340. The van der Waals surface area contributed by atoms with Gasteiger partial charge in [0.15, 0.2) is 5.58 Å². The van der Waals surface area contributed by atoms with Crippen molar-refractivity contribution < 1.29 is 9.52 Å². The quantitative estimate of drug-likeness (QED) is 0.755. The Morgan fingerprint density at radius 2 is 2.00 bits per heavy atom. The van der Waals surface area contributed by atoms with E-state index in [1.54, 1.807) is 7.05 Å². The third kappa shape index (κ3) is 2.19. The summed E-state index contributed by atoms with van der Waals surface area (Å²) >= 11 is 0. The summed E-state index contributed by atoms with van der Waals surface area (Å²) in [4.78, 5) is 23.9. The van der Waals surface area contributed by atoms with E-state index in [2.05, 4.69) is 6.92 Å². The monoisotopic (exact) mass is 299 g/mol. The van der Waals surface area contributed by atoms with Crippen LogP contribution in [0.5, 0.6) is 5.75 Å². The number of benzene rings is 1. The van der Waals surface area contributed by atoms with E-state index in [-0.39, 0.29) is 22.3 Å². The summed E-state index contributed by atoms with van der Waals surface area (Å²) < 4.78 is 6.68. The third-order valence-corrected chi connectivity index (χ3v) is 3.94. The maximum atomic E-state index is 12.4. The molecule has 0 radical (unpaired) electrons.